The maximum Gasteiger partial charge on any atom is 0.0704 e. The summed E-state index contributed by atoms with van der Waals surface area (Å²) in [6.45, 7) is 6.08. The molecule has 1 N–H and O–H groups in total. The normalized spacial score (nSPS) is 19.2. The summed E-state index contributed by atoms with van der Waals surface area (Å²) >= 11 is 5.49. The van der Waals surface area contributed by atoms with Gasteiger partial charge in [0.2, 0.25) is 0 Å². The average Bonchev–Trinajstić information content (AvgIpc) is 2.69. The number of hydrogen-bond acceptors (Lipinski definition) is 3. The number of hydrogen-bond donors (Lipinski definition) is 1. The standard InChI is InChI=1S/C14H22BrNOS/c1-10(2)17-8-4-7-16-12-5-3-6-13-11(12)9-14(15)18-13/h9-10,12,16H,3-8H2,1-2H3. The summed E-state index contributed by atoms with van der Waals surface area (Å²) in [6, 6.07) is 2.84. The summed E-state index contributed by atoms with van der Waals surface area (Å²) in [5.74, 6) is 0. The Labute approximate surface area is 122 Å². The van der Waals surface area contributed by atoms with E-state index in [1.165, 1.54) is 28.6 Å². The smallest absolute Gasteiger partial charge is 0.0704 e. The van der Waals surface area contributed by atoms with Gasteiger partial charge in [0, 0.05) is 17.5 Å². The van der Waals surface area contributed by atoms with Gasteiger partial charge in [0.1, 0.15) is 0 Å². The van der Waals surface area contributed by atoms with Crippen LogP contribution in [-0.4, -0.2) is 19.3 Å². The first-order chi connectivity index (χ1) is 8.66. The van der Waals surface area contributed by atoms with E-state index < -0.39 is 0 Å². The molecule has 1 heterocycles. The third-order valence-corrected chi connectivity index (χ3v) is 4.96. The fourth-order valence-electron chi connectivity index (χ4n) is 2.40. The molecule has 0 saturated carbocycles. The van der Waals surface area contributed by atoms with E-state index in [1.54, 1.807) is 4.88 Å². The summed E-state index contributed by atoms with van der Waals surface area (Å²) in [6.07, 6.45) is 5.26. The highest BCUT2D eigenvalue weighted by atomic mass is 79.9. The molecule has 18 heavy (non-hydrogen) atoms. The molecule has 0 aliphatic heterocycles. The van der Waals surface area contributed by atoms with Gasteiger partial charge in [0.05, 0.1) is 9.89 Å². The first-order valence-electron chi connectivity index (χ1n) is 6.80. The predicted octanol–water partition coefficient (Wildman–Crippen LogP) is 4.29. The van der Waals surface area contributed by atoms with Gasteiger partial charge in [-0.15, -0.1) is 11.3 Å². The summed E-state index contributed by atoms with van der Waals surface area (Å²) < 4.78 is 6.83. The quantitative estimate of drug-likeness (QED) is 0.785. The van der Waals surface area contributed by atoms with Crippen LogP contribution < -0.4 is 5.32 Å². The predicted molar refractivity (Wildman–Crippen MR) is 81.4 cm³/mol. The van der Waals surface area contributed by atoms with Gasteiger partial charge in [-0.05, 0) is 73.6 Å². The van der Waals surface area contributed by atoms with E-state index in [9.17, 15) is 0 Å². The Bertz CT molecular complexity index is 378. The highest BCUT2D eigenvalue weighted by Gasteiger charge is 2.21. The van der Waals surface area contributed by atoms with Gasteiger partial charge < -0.3 is 10.1 Å². The first kappa shape index (κ1) is 14.5. The molecular weight excluding hydrogens is 310 g/mol. The Morgan fingerprint density at radius 2 is 2.39 bits per heavy atom. The second-order valence-electron chi connectivity index (χ2n) is 5.10. The lowest BCUT2D eigenvalue weighted by atomic mass is 9.94. The summed E-state index contributed by atoms with van der Waals surface area (Å²) in [5, 5.41) is 3.67. The van der Waals surface area contributed by atoms with Crippen LogP contribution in [0.25, 0.3) is 0 Å². The molecule has 102 valence electrons. The van der Waals surface area contributed by atoms with Crippen molar-refractivity contribution in [3.63, 3.8) is 0 Å². The van der Waals surface area contributed by atoms with E-state index in [0.29, 0.717) is 12.1 Å². The van der Waals surface area contributed by atoms with Crippen LogP contribution in [0.1, 0.15) is 49.6 Å². The van der Waals surface area contributed by atoms with Crippen molar-refractivity contribution in [2.45, 2.75) is 51.7 Å². The van der Waals surface area contributed by atoms with Crippen LogP contribution in [0, 0.1) is 0 Å². The third-order valence-electron chi connectivity index (χ3n) is 3.25. The van der Waals surface area contributed by atoms with Crippen LogP contribution in [0.15, 0.2) is 9.85 Å². The second-order valence-corrected chi connectivity index (χ2v) is 7.62. The molecule has 0 radical (unpaired) electrons. The SMILES string of the molecule is CC(C)OCCCNC1CCCc2sc(Br)cc21. The lowest BCUT2D eigenvalue weighted by molar-refractivity contribution is 0.0766. The van der Waals surface area contributed by atoms with Crippen LogP contribution in [0.5, 0.6) is 0 Å². The van der Waals surface area contributed by atoms with Gasteiger partial charge >= 0.3 is 0 Å². The maximum atomic E-state index is 5.56. The van der Waals surface area contributed by atoms with Crippen LogP contribution in [0.4, 0.5) is 0 Å². The van der Waals surface area contributed by atoms with Crippen LogP contribution in [-0.2, 0) is 11.2 Å². The fraction of sp³-hybridized carbons (Fsp3) is 0.714. The second kappa shape index (κ2) is 7.04. The zero-order chi connectivity index (χ0) is 13.0. The van der Waals surface area contributed by atoms with E-state index >= 15 is 0 Å². The van der Waals surface area contributed by atoms with Crippen molar-refractivity contribution >= 4 is 27.3 Å². The van der Waals surface area contributed by atoms with Gasteiger partial charge in [0.25, 0.3) is 0 Å². The zero-order valence-electron chi connectivity index (χ0n) is 11.2. The van der Waals surface area contributed by atoms with Crippen molar-refractivity contribution in [3.8, 4) is 0 Å². The van der Waals surface area contributed by atoms with Crippen molar-refractivity contribution in [2.24, 2.45) is 0 Å². The van der Waals surface area contributed by atoms with E-state index in [4.69, 9.17) is 4.74 Å². The Morgan fingerprint density at radius 3 is 3.17 bits per heavy atom. The van der Waals surface area contributed by atoms with Gasteiger partial charge in [-0.25, -0.2) is 0 Å². The number of aryl methyl sites for hydroxylation is 1. The Hall–Kier alpha value is 0.100. The van der Waals surface area contributed by atoms with Crippen LogP contribution >= 0.6 is 27.3 Å². The lowest BCUT2D eigenvalue weighted by Gasteiger charge is -2.23. The number of ether oxygens (including phenoxy) is 1. The highest BCUT2D eigenvalue weighted by Crippen LogP contribution is 2.37. The number of fused-ring (bicyclic) bond motifs is 1. The van der Waals surface area contributed by atoms with Crippen molar-refractivity contribution in [1.82, 2.24) is 5.32 Å². The summed E-state index contributed by atoms with van der Waals surface area (Å²) in [4.78, 5) is 1.56. The molecule has 0 aromatic carbocycles. The van der Waals surface area contributed by atoms with E-state index in [-0.39, 0.29) is 0 Å². The molecule has 0 spiro atoms. The minimum Gasteiger partial charge on any atom is -0.379 e. The van der Waals surface area contributed by atoms with Crippen molar-refractivity contribution in [2.75, 3.05) is 13.2 Å². The van der Waals surface area contributed by atoms with Crippen molar-refractivity contribution in [3.05, 3.63) is 20.3 Å². The Balaban J connectivity index is 1.77. The molecule has 0 amide bonds. The lowest BCUT2D eigenvalue weighted by Crippen LogP contribution is -2.26. The molecule has 1 aromatic heterocycles. The summed E-state index contributed by atoms with van der Waals surface area (Å²) in [7, 11) is 0. The van der Waals surface area contributed by atoms with Gasteiger partial charge in [-0.3, -0.25) is 0 Å². The molecule has 1 aliphatic carbocycles. The minimum atomic E-state index is 0.346. The van der Waals surface area contributed by atoms with E-state index in [0.717, 1.165) is 19.6 Å². The molecule has 2 rings (SSSR count). The maximum absolute atomic E-state index is 5.56. The average molecular weight is 332 g/mol. The molecule has 1 atom stereocenters. The van der Waals surface area contributed by atoms with E-state index in [1.807, 2.05) is 11.3 Å². The van der Waals surface area contributed by atoms with Crippen LogP contribution in [0.2, 0.25) is 0 Å². The van der Waals surface area contributed by atoms with Crippen molar-refractivity contribution in [1.29, 1.82) is 0 Å². The van der Waals surface area contributed by atoms with Gasteiger partial charge in [-0.1, -0.05) is 0 Å². The molecule has 1 aliphatic rings. The monoisotopic (exact) mass is 331 g/mol. The number of thiophene rings is 1. The largest absolute Gasteiger partial charge is 0.379 e. The molecule has 2 nitrogen and oxygen atoms in total. The highest BCUT2D eigenvalue weighted by molar-refractivity contribution is 9.11. The molecule has 0 saturated heterocycles. The molecule has 0 fully saturated rings. The number of rotatable bonds is 6. The Morgan fingerprint density at radius 1 is 1.56 bits per heavy atom. The van der Waals surface area contributed by atoms with Crippen molar-refractivity contribution < 1.29 is 4.74 Å². The number of nitrogens with one attached hydrogen (secondary N) is 1. The molecule has 1 unspecified atom stereocenters. The fourth-order valence-corrected chi connectivity index (χ4v) is 4.22. The first-order valence-corrected chi connectivity index (χ1v) is 8.41. The van der Waals surface area contributed by atoms with Gasteiger partial charge in [-0.2, -0.15) is 0 Å². The molecule has 1 aromatic rings. The topological polar surface area (TPSA) is 21.3 Å². The van der Waals surface area contributed by atoms with Gasteiger partial charge in [0.15, 0.2) is 0 Å². The Kier molecular flexibility index (Phi) is 5.67. The molecular formula is C14H22BrNOS. The molecule has 4 heteroatoms. The third kappa shape index (κ3) is 4.05. The van der Waals surface area contributed by atoms with Crippen LogP contribution in [0.3, 0.4) is 0 Å². The summed E-state index contributed by atoms with van der Waals surface area (Å²) in [5.41, 5.74) is 1.52. The minimum absolute atomic E-state index is 0.346. The number of halogens is 1. The molecule has 0 bridgehead atoms. The van der Waals surface area contributed by atoms with E-state index in [2.05, 4.69) is 41.2 Å². The zero-order valence-corrected chi connectivity index (χ0v) is 13.6.